The summed E-state index contributed by atoms with van der Waals surface area (Å²) in [6.45, 7) is 9.94. The van der Waals surface area contributed by atoms with Gasteiger partial charge in [0.05, 0.1) is 42.9 Å². The van der Waals surface area contributed by atoms with Crippen molar-refractivity contribution in [3.8, 4) is 5.75 Å². The quantitative estimate of drug-likeness (QED) is 0.167. The SMILES string of the molecule is C=CCCCCOC(=O)[C@@H]1[C@H]2C(=O)N([C@@H](CO)Cc3ccccc3)C(C(=O)N(CC=C)c3ccc(OC)cc3)C23S[C@@H]1CC3C. The van der Waals surface area contributed by atoms with Crippen LogP contribution in [0.15, 0.2) is 79.9 Å². The summed E-state index contributed by atoms with van der Waals surface area (Å²) in [5, 5.41) is 10.7. The molecule has 9 heteroatoms. The number of thioether (sulfide) groups is 1. The zero-order valence-electron chi connectivity index (χ0n) is 26.2. The van der Waals surface area contributed by atoms with Gasteiger partial charge in [0.2, 0.25) is 5.91 Å². The molecule has 7 atom stereocenters. The van der Waals surface area contributed by atoms with E-state index in [9.17, 15) is 19.5 Å². The molecule has 0 saturated carbocycles. The van der Waals surface area contributed by atoms with E-state index < -0.39 is 28.7 Å². The summed E-state index contributed by atoms with van der Waals surface area (Å²) >= 11 is 1.60. The van der Waals surface area contributed by atoms with Crippen molar-refractivity contribution in [2.75, 3.05) is 31.8 Å². The van der Waals surface area contributed by atoms with Gasteiger partial charge in [0.15, 0.2) is 0 Å². The van der Waals surface area contributed by atoms with Crippen LogP contribution in [0.3, 0.4) is 0 Å². The number of methoxy groups -OCH3 is 1. The van der Waals surface area contributed by atoms with Crippen LogP contribution in [0.4, 0.5) is 5.69 Å². The maximum atomic E-state index is 15.0. The number of carbonyl (C=O) groups excluding carboxylic acids is 3. The number of anilines is 1. The number of likely N-dealkylation sites (tertiary alicyclic amines) is 1. The number of carbonyl (C=O) groups is 3. The van der Waals surface area contributed by atoms with E-state index in [0.717, 1.165) is 24.8 Å². The van der Waals surface area contributed by atoms with Crippen LogP contribution in [0.2, 0.25) is 0 Å². The smallest absolute Gasteiger partial charge is 0.310 e. The van der Waals surface area contributed by atoms with E-state index in [4.69, 9.17) is 9.47 Å². The van der Waals surface area contributed by atoms with Crippen molar-refractivity contribution in [2.45, 2.75) is 61.1 Å². The number of fused-ring (bicyclic) bond motifs is 1. The third-order valence-corrected chi connectivity index (χ3v) is 11.7. The maximum Gasteiger partial charge on any atom is 0.310 e. The van der Waals surface area contributed by atoms with Crippen LogP contribution in [0.25, 0.3) is 0 Å². The minimum Gasteiger partial charge on any atom is -0.497 e. The van der Waals surface area contributed by atoms with E-state index in [2.05, 4.69) is 20.1 Å². The van der Waals surface area contributed by atoms with Crippen LogP contribution in [-0.4, -0.2) is 76.7 Å². The molecular formula is C36H44N2O6S. The topological polar surface area (TPSA) is 96.4 Å². The summed E-state index contributed by atoms with van der Waals surface area (Å²) in [5.74, 6) is -1.61. The average Bonchev–Trinajstić information content (AvgIpc) is 3.66. The Labute approximate surface area is 270 Å². The van der Waals surface area contributed by atoms with E-state index in [1.807, 2.05) is 48.5 Å². The minimum atomic E-state index is -0.895. The number of aliphatic hydroxyl groups is 1. The van der Waals surface area contributed by atoms with Crippen LogP contribution in [0, 0.1) is 17.8 Å². The van der Waals surface area contributed by atoms with E-state index in [0.29, 0.717) is 24.3 Å². The molecule has 2 amide bonds. The molecule has 3 saturated heterocycles. The Hall–Kier alpha value is -3.56. The molecule has 2 aromatic rings. The lowest BCUT2D eigenvalue weighted by Crippen LogP contribution is -2.59. The maximum absolute atomic E-state index is 15.0. The molecule has 5 rings (SSSR count). The molecule has 45 heavy (non-hydrogen) atoms. The Kier molecular flexibility index (Phi) is 10.4. The number of amides is 2. The van der Waals surface area contributed by atoms with E-state index in [-0.39, 0.29) is 48.7 Å². The molecule has 3 heterocycles. The molecule has 0 radical (unpaired) electrons. The first-order chi connectivity index (χ1) is 21.8. The second kappa shape index (κ2) is 14.3. The third kappa shape index (κ3) is 6.04. The van der Waals surface area contributed by atoms with Gasteiger partial charge in [0.25, 0.3) is 5.91 Å². The van der Waals surface area contributed by atoms with Gasteiger partial charge in [-0.1, -0.05) is 49.4 Å². The number of nitrogens with zero attached hydrogens (tertiary/aromatic N) is 2. The highest BCUT2D eigenvalue weighted by Crippen LogP contribution is 2.69. The van der Waals surface area contributed by atoms with Gasteiger partial charge in [-0.05, 0) is 67.9 Å². The Morgan fingerprint density at radius 1 is 1.13 bits per heavy atom. The van der Waals surface area contributed by atoms with Gasteiger partial charge in [-0.3, -0.25) is 14.4 Å². The number of ether oxygens (including phenoxy) is 2. The zero-order valence-corrected chi connectivity index (χ0v) is 27.0. The molecule has 1 spiro atoms. The van der Waals surface area contributed by atoms with Gasteiger partial charge in [0.1, 0.15) is 11.8 Å². The monoisotopic (exact) mass is 632 g/mol. The molecule has 8 nitrogen and oxygen atoms in total. The number of hydrogen-bond acceptors (Lipinski definition) is 7. The van der Waals surface area contributed by atoms with Crippen molar-refractivity contribution < 1.29 is 29.0 Å². The van der Waals surface area contributed by atoms with Gasteiger partial charge in [-0.25, -0.2) is 0 Å². The normalized spacial score (nSPS) is 27.1. The second-order valence-corrected chi connectivity index (χ2v) is 13.8. The Bertz CT molecular complexity index is 1380. The van der Waals surface area contributed by atoms with Crippen LogP contribution >= 0.6 is 11.8 Å². The summed E-state index contributed by atoms with van der Waals surface area (Å²) in [7, 11) is 1.59. The van der Waals surface area contributed by atoms with Crippen LogP contribution in [0.1, 0.15) is 38.2 Å². The fourth-order valence-electron chi connectivity index (χ4n) is 7.56. The predicted molar refractivity (Wildman–Crippen MR) is 177 cm³/mol. The Balaban J connectivity index is 1.55. The number of rotatable bonds is 15. The fraction of sp³-hybridized carbons (Fsp3) is 0.472. The lowest BCUT2D eigenvalue weighted by Gasteiger charge is -2.42. The number of hydrogen-bond donors (Lipinski definition) is 1. The molecule has 3 aliphatic heterocycles. The number of esters is 1. The van der Waals surface area contributed by atoms with Gasteiger partial charge < -0.3 is 24.4 Å². The van der Waals surface area contributed by atoms with Crippen molar-refractivity contribution in [1.29, 1.82) is 0 Å². The van der Waals surface area contributed by atoms with Crippen molar-refractivity contribution in [2.24, 2.45) is 17.8 Å². The number of aliphatic hydroxyl groups excluding tert-OH is 1. The number of benzene rings is 2. The van der Waals surface area contributed by atoms with Crippen LogP contribution in [-0.2, 0) is 25.5 Å². The first-order valence-corrected chi connectivity index (χ1v) is 16.7. The summed E-state index contributed by atoms with van der Waals surface area (Å²) in [6.07, 6.45) is 7.03. The number of allylic oxidation sites excluding steroid dienone is 1. The van der Waals surface area contributed by atoms with Crippen molar-refractivity contribution in [3.63, 3.8) is 0 Å². The Morgan fingerprint density at radius 2 is 1.87 bits per heavy atom. The first-order valence-electron chi connectivity index (χ1n) is 15.8. The molecule has 3 aliphatic rings. The summed E-state index contributed by atoms with van der Waals surface area (Å²) in [4.78, 5) is 46.7. The van der Waals surface area contributed by atoms with Crippen molar-refractivity contribution >= 4 is 35.2 Å². The largest absolute Gasteiger partial charge is 0.497 e. The molecule has 240 valence electrons. The van der Waals surface area contributed by atoms with Crippen molar-refractivity contribution in [1.82, 2.24) is 4.90 Å². The summed E-state index contributed by atoms with van der Waals surface area (Å²) in [5.41, 5.74) is 1.60. The number of unbranched alkanes of at least 4 members (excludes halogenated alkanes) is 2. The van der Waals surface area contributed by atoms with Gasteiger partial charge in [-0.2, -0.15) is 0 Å². The molecule has 2 aromatic carbocycles. The molecule has 3 unspecified atom stereocenters. The Morgan fingerprint density at radius 3 is 2.51 bits per heavy atom. The fourth-order valence-corrected chi connectivity index (χ4v) is 9.95. The van der Waals surface area contributed by atoms with Gasteiger partial charge in [-0.15, -0.1) is 24.9 Å². The van der Waals surface area contributed by atoms with Crippen LogP contribution in [0.5, 0.6) is 5.75 Å². The molecular weight excluding hydrogens is 588 g/mol. The predicted octanol–water partition coefficient (Wildman–Crippen LogP) is 5.05. The molecule has 2 bridgehead atoms. The van der Waals surface area contributed by atoms with E-state index in [1.54, 1.807) is 46.9 Å². The minimum absolute atomic E-state index is 0.0189. The third-order valence-electron chi connectivity index (χ3n) is 9.62. The average molecular weight is 633 g/mol. The highest BCUT2D eigenvalue weighted by Gasteiger charge is 2.77. The lowest BCUT2D eigenvalue weighted by molar-refractivity contribution is -0.155. The van der Waals surface area contributed by atoms with Crippen LogP contribution < -0.4 is 9.64 Å². The lowest BCUT2D eigenvalue weighted by atomic mass is 9.66. The van der Waals surface area contributed by atoms with Gasteiger partial charge >= 0.3 is 5.97 Å². The molecule has 0 aliphatic carbocycles. The highest BCUT2D eigenvalue weighted by atomic mass is 32.2. The van der Waals surface area contributed by atoms with Gasteiger partial charge in [0, 0.05) is 17.5 Å². The highest BCUT2D eigenvalue weighted by molar-refractivity contribution is 8.02. The second-order valence-electron chi connectivity index (χ2n) is 12.2. The summed E-state index contributed by atoms with van der Waals surface area (Å²) < 4.78 is 10.3. The standard InChI is InChI=1S/C36H44N2O6S/c1-5-7-8-12-20-44-35(42)30-29-21-24(3)36(45-29)31(30)33(40)38(27(23-39)22-25-13-10-9-11-14-25)32(36)34(41)37(19-6-2)26-15-17-28(43-4)18-16-26/h5-6,9-11,13-18,24,27,29-32,39H,1-2,7-8,12,19-23H2,3-4H3/t24?,27-,29-,30+,31+,32?,36?/m1/s1. The van der Waals surface area contributed by atoms with E-state index in [1.165, 1.54) is 0 Å². The van der Waals surface area contributed by atoms with E-state index >= 15 is 0 Å². The molecule has 3 fully saturated rings. The molecule has 0 aromatic heterocycles. The zero-order chi connectivity index (χ0) is 32.1. The van der Waals surface area contributed by atoms with Crippen molar-refractivity contribution in [3.05, 3.63) is 85.5 Å². The first kappa shape index (κ1) is 32.8. The molecule has 1 N–H and O–H groups in total. The summed E-state index contributed by atoms with van der Waals surface area (Å²) in [6, 6.07) is 15.3.